The molecule has 0 atom stereocenters. The predicted octanol–water partition coefficient (Wildman–Crippen LogP) is 3.24. The van der Waals surface area contributed by atoms with Crippen molar-refractivity contribution in [1.29, 1.82) is 0 Å². The minimum Gasteiger partial charge on any atom is -0.462 e. The third kappa shape index (κ3) is 2.46. The maximum Gasteiger partial charge on any atom is 0.341 e. The van der Waals surface area contributed by atoms with Crippen LogP contribution in [-0.4, -0.2) is 19.6 Å². The van der Waals surface area contributed by atoms with Gasteiger partial charge < -0.3 is 10.1 Å². The van der Waals surface area contributed by atoms with Gasteiger partial charge in [-0.15, -0.1) is 11.3 Å². The van der Waals surface area contributed by atoms with Crippen LogP contribution >= 0.6 is 11.3 Å². The van der Waals surface area contributed by atoms with Gasteiger partial charge in [-0.25, -0.2) is 4.79 Å². The quantitative estimate of drug-likeness (QED) is 0.664. The molecule has 4 heteroatoms. The molecule has 0 bridgehead atoms. The summed E-state index contributed by atoms with van der Waals surface area (Å²) in [6.45, 7) is 2.29. The van der Waals surface area contributed by atoms with Crippen LogP contribution in [0.15, 0.2) is 0 Å². The molecular weight excluding hydrogens is 234 g/mol. The molecule has 0 aromatic carbocycles. The summed E-state index contributed by atoms with van der Waals surface area (Å²) in [4.78, 5) is 13.4. The molecule has 0 fully saturated rings. The molecule has 0 radical (unpaired) electrons. The van der Waals surface area contributed by atoms with Crippen LogP contribution in [0.25, 0.3) is 0 Å². The highest BCUT2D eigenvalue weighted by Crippen LogP contribution is 2.37. The summed E-state index contributed by atoms with van der Waals surface area (Å²) in [5.74, 6) is -0.170. The van der Waals surface area contributed by atoms with Crippen molar-refractivity contribution < 1.29 is 9.53 Å². The van der Waals surface area contributed by atoms with Gasteiger partial charge in [-0.05, 0) is 38.2 Å². The van der Waals surface area contributed by atoms with Crippen LogP contribution in [0.5, 0.6) is 0 Å². The summed E-state index contributed by atoms with van der Waals surface area (Å²) in [6, 6.07) is 0. The normalized spacial score (nSPS) is 14.9. The third-order valence-corrected chi connectivity index (χ3v) is 4.44. The van der Waals surface area contributed by atoms with Crippen molar-refractivity contribution in [1.82, 2.24) is 0 Å². The van der Waals surface area contributed by atoms with Crippen molar-refractivity contribution in [3.8, 4) is 0 Å². The second-order valence-electron chi connectivity index (χ2n) is 4.24. The monoisotopic (exact) mass is 253 g/mol. The number of ether oxygens (including phenoxy) is 1. The molecule has 1 aliphatic carbocycles. The lowest BCUT2D eigenvalue weighted by Crippen LogP contribution is -2.09. The lowest BCUT2D eigenvalue weighted by atomic mass is 10.1. The van der Waals surface area contributed by atoms with Crippen molar-refractivity contribution in [2.24, 2.45) is 0 Å². The van der Waals surface area contributed by atoms with Crippen LogP contribution in [0.1, 0.15) is 47.0 Å². The van der Waals surface area contributed by atoms with Gasteiger partial charge in [0.2, 0.25) is 0 Å². The first-order valence-electron chi connectivity index (χ1n) is 6.27. The van der Waals surface area contributed by atoms with Gasteiger partial charge >= 0.3 is 5.97 Å². The highest BCUT2D eigenvalue weighted by Gasteiger charge is 2.24. The summed E-state index contributed by atoms with van der Waals surface area (Å²) in [7, 11) is 1.87. The van der Waals surface area contributed by atoms with Crippen molar-refractivity contribution in [2.45, 2.75) is 39.0 Å². The first-order valence-corrected chi connectivity index (χ1v) is 7.09. The highest BCUT2D eigenvalue weighted by molar-refractivity contribution is 7.16. The number of thiophene rings is 1. The van der Waals surface area contributed by atoms with E-state index in [0.29, 0.717) is 6.61 Å². The van der Waals surface area contributed by atoms with Crippen molar-refractivity contribution in [3.05, 3.63) is 16.0 Å². The predicted molar refractivity (Wildman–Crippen MR) is 71.1 cm³/mol. The largest absolute Gasteiger partial charge is 0.462 e. The smallest absolute Gasteiger partial charge is 0.341 e. The molecule has 0 saturated carbocycles. The zero-order valence-corrected chi connectivity index (χ0v) is 11.3. The van der Waals surface area contributed by atoms with E-state index in [-0.39, 0.29) is 5.97 Å². The Bertz CT molecular complexity index is 412. The fraction of sp³-hybridized carbons (Fsp3) is 0.615. The summed E-state index contributed by atoms with van der Waals surface area (Å²) in [6.07, 6.45) is 5.80. The third-order valence-electron chi connectivity index (χ3n) is 3.13. The molecule has 3 nitrogen and oxygen atoms in total. The number of carbonyl (C=O) groups is 1. The Morgan fingerprint density at radius 2 is 2.12 bits per heavy atom. The van der Waals surface area contributed by atoms with E-state index in [1.807, 2.05) is 14.0 Å². The second kappa shape index (κ2) is 5.54. The van der Waals surface area contributed by atoms with Gasteiger partial charge in [0.05, 0.1) is 12.2 Å². The van der Waals surface area contributed by atoms with Gasteiger partial charge in [0.15, 0.2) is 0 Å². The summed E-state index contributed by atoms with van der Waals surface area (Å²) in [5.41, 5.74) is 2.02. The van der Waals surface area contributed by atoms with Crippen molar-refractivity contribution in [2.75, 3.05) is 19.0 Å². The van der Waals surface area contributed by atoms with Gasteiger partial charge in [-0.1, -0.05) is 6.42 Å². The molecule has 94 valence electrons. The van der Waals surface area contributed by atoms with E-state index < -0.39 is 0 Å². The number of carbonyl (C=O) groups excluding carboxylic acids is 1. The molecular formula is C13H19NO2S. The molecule has 0 unspecified atom stereocenters. The van der Waals surface area contributed by atoms with Crippen LogP contribution in [0, 0.1) is 0 Å². The first-order chi connectivity index (χ1) is 8.27. The van der Waals surface area contributed by atoms with Crippen LogP contribution in [-0.2, 0) is 17.6 Å². The van der Waals surface area contributed by atoms with Crippen molar-refractivity contribution in [3.63, 3.8) is 0 Å². The van der Waals surface area contributed by atoms with Crippen LogP contribution in [0.3, 0.4) is 0 Å². The molecule has 0 saturated heterocycles. The SMILES string of the molecule is CCOC(=O)c1c(NC)sc2c1CCCCC2. The van der Waals surface area contributed by atoms with E-state index in [4.69, 9.17) is 4.74 Å². The van der Waals surface area contributed by atoms with Gasteiger partial charge in [0.25, 0.3) is 0 Å². The number of rotatable bonds is 3. The minimum atomic E-state index is -0.170. The Labute approximate surface area is 106 Å². The molecule has 1 heterocycles. The Kier molecular flexibility index (Phi) is 4.05. The molecule has 2 rings (SSSR count). The van der Waals surface area contributed by atoms with Gasteiger partial charge in [0.1, 0.15) is 5.00 Å². The first kappa shape index (κ1) is 12.4. The fourth-order valence-corrected chi connectivity index (χ4v) is 3.57. The Hall–Kier alpha value is -1.03. The van der Waals surface area contributed by atoms with Crippen LogP contribution in [0.2, 0.25) is 0 Å². The van der Waals surface area contributed by atoms with Crippen LogP contribution < -0.4 is 5.32 Å². The molecule has 1 aliphatic rings. The molecule has 0 amide bonds. The average Bonchev–Trinajstić information content (AvgIpc) is 2.52. The Morgan fingerprint density at radius 3 is 2.82 bits per heavy atom. The average molecular weight is 253 g/mol. The standard InChI is InChI=1S/C13H19NO2S/c1-3-16-13(15)11-9-7-5-4-6-8-10(9)17-12(11)14-2/h14H,3-8H2,1-2H3. The van der Waals surface area contributed by atoms with E-state index in [1.54, 1.807) is 11.3 Å². The second-order valence-corrected chi connectivity index (χ2v) is 5.34. The molecule has 0 spiro atoms. The van der Waals surface area contributed by atoms with E-state index in [1.165, 1.54) is 29.7 Å². The number of hydrogen-bond acceptors (Lipinski definition) is 4. The lowest BCUT2D eigenvalue weighted by molar-refractivity contribution is 0.0526. The lowest BCUT2D eigenvalue weighted by Gasteiger charge is -2.06. The van der Waals surface area contributed by atoms with E-state index in [2.05, 4.69) is 5.32 Å². The minimum absolute atomic E-state index is 0.170. The van der Waals surface area contributed by atoms with Gasteiger partial charge in [0, 0.05) is 11.9 Å². The van der Waals surface area contributed by atoms with E-state index in [0.717, 1.165) is 23.4 Å². The zero-order chi connectivity index (χ0) is 12.3. The molecule has 0 aliphatic heterocycles. The van der Waals surface area contributed by atoms with Crippen molar-refractivity contribution >= 4 is 22.3 Å². The summed E-state index contributed by atoms with van der Waals surface area (Å²) in [5, 5.41) is 4.10. The molecule has 1 aromatic heterocycles. The maximum absolute atomic E-state index is 12.0. The maximum atomic E-state index is 12.0. The molecule has 1 aromatic rings. The number of anilines is 1. The summed E-state index contributed by atoms with van der Waals surface area (Å²) < 4.78 is 5.16. The zero-order valence-electron chi connectivity index (χ0n) is 10.5. The Morgan fingerprint density at radius 1 is 1.35 bits per heavy atom. The number of hydrogen-bond donors (Lipinski definition) is 1. The van der Waals surface area contributed by atoms with E-state index in [9.17, 15) is 4.79 Å². The molecule has 1 N–H and O–H groups in total. The number of fused-ring (bicyclic) bond motifs is 1. The highest BCUT2D eigenvalue weighted by atomic mass is 32.1. The molecule has 17 heavy (non-hydrogen) atoms. The number of esters is 1. The topological polar surface area (TPSA) is 38.3 Å². The summed E-state index contributed by atoms with van der Waals surface area (Å²) >= 11 is 1.72. The van der Waals surface area contributed by atoms with E-state index >= 15 is 0 Å². The number of nitrogens with one attached hydrogen (secondary N) is 1. The van der Waals surface area contributed by atoms with Gasteiger partial charge in [-0.2, -0.15) is 0 Å². The van der Waals surface area contributed by atoms with Gasteiger partial charge in [-0.3, -0.25) is 0 Å². The Balaban J connectivity index is 2.40. The van der Waals surface area contributed by atoms with Crippen LogP contribution in [0.4, 0.5) is 5.00 Å². The number of aryl methyl sites for hydroxylation is 1. The fourth-order valence-electron chi connectivity index (χ4n) is 2.34.